The van der Waals surface area contributed by atoms with Gasteiger partial charge in [0.05, 0.1) is 6.20 Å². The van der Waals surface area contributed by atoms with Crippen LogP contribution in [0.15, 0.2) is 18.6 Å². The van der Waals surface area contributed by atoms with Crippen molar-refractivity contribution < 1.29 is 4.79 Å². The smallest absolute Gasteiger partial charge is 0.220 e. The van der Waals surface area contributed by atoms with Gasteiger partial charge in [0.1, 0.15) is 0 Å². The second kappa shape index (κ2) is 4.73. The Bertz CT molecular complexity index is 598. The number of nitrogen functional groups attached to an aromatic ring is 1. The number of imidazole rings is 1. The van der Waals surface area contributed by atoms with Gasteiger partial charge in [0.15, 0.2) is 17.3 Å². The maximum absolute atomic E-state index is 11.1. The summed E-state index contributed by atoms with van der Waals surface area (Å²) in [5.74, 6) is 6.69. The van der Waals surface area contributed by atoms with E-state index in [9.17, 15) is 4.79 Å². The SMILES string of the molecule is NNc1cn2ccnc2c(NC2CCC(=O)NC2)n1. The third kappa shape index (κ3) is 2.29. The molecule has 1 amide bonds. The molecule has 0 radical (unpaired) electrons. The highest BCUT2D eigenvalue weighted by Crippen LogP contribution is 2.18. The molecule has 8 nitrogen and oxygen atoms in total. The van der Waals surface area contributed by atoms with Crippen molar-refractivity contribution in [1.29, 1.82) is 0 Å². The van der Waals surface area contributed by atoms with Crippen molar-refractivity contribution in [3.05, 3.63) is 18.6 Å². The van der Waals surface area contributed by atoms with Crippen LogP contribution in [0.4, 0.5) is 11.6 Å². The normalized spacial score (nSPS) is 19.2. The number of carbonyl (C=O) groups excluding carboxylic acids is 1. The Labute approximate surface area is 109 Å². The lowest BCUT2D eigenvalue weighted by molar-refractivity contribution is -0.122. The van der Waals surface area contributed by atoms with Crippen molar-refractivity contribution in [2.75, 3.05) is 17.3 Å². The Morgan fingerprint density at radius 3 is 3.16 bits per heavy atom. The summed E-state index contributed by atoms with van der Waals surface area (Å²) in [5, 5.41) is 6.13. The van der Waals surface area contributed by atoms with E-state index in [1.165, 1.54) is 0 Å². The van der Waals surface area contributed by atoms with Crippen molar-refractivity contribution in [2.24, 2.45) is 5.84 Å². The van der Waals surface area contributed by atoms with Crippen LogP contribution in [0, 0.1) is 0 Å². The topological polar surface area (TPSA) is 109 Å². The van der Waals surface area contributed by atoms with Crippen LogP contribution in [-0.2, 0) is 4.79 Å². The highest BCUT2D eigenvalue weighted by atomic mass is 16.1. The van der Waals surface area contributed by atoms with Gasteiger partial charge < -0.3 is 20.5 Å². The molecule has 0 bridgehead atoms. The molecule has 0 saturated carbocycles. The Kier molecular flexibility index (Phi) is 2.92. The predicted octanol–water partition coefficient (Wildman–Crippen LogP) is -0.295. The minimum atomic E-state index is 0.0920. The van der Waals surface area contributed by atoms with Crippen LogP contribution in [0.1, 0.15) is 12.8 Å². The Hall–Kier alpha value is -2.35. The highest BCUT2D eigenvalue weighted by Gasteiger charge is 2.19. The summed E-state index contributed by atoms with van der Waals surface area (Å²) in [6, 6.07) is 0.152. The van der Waals surface area contributed by atoms with Gasteiger partial charge >= 0.3 is 0 Å². The molecule has 19 heavy (non-hydrogen) atoms. The van der Waals surface area contributed by atoms with E-state index in [1.54, 1.807) is 12.4 Å². The van der Waals surface area contributed by atoms with E-state index >= 15 is 0 Å². The molecule has 0 spiro atoms. The molecule has 0 aliphatic carbocycles. The molecular weight excluding hydrogens is 246 g/mol. The van der Waals surface area contributed by atoms with Crippen LogP contribution in [-0.4, -0.2) is 32.9 Å². The summed E-state index contributed by atoms with van der Waals surface area (Å²) in [4.78, 5) is 19.8. The third-order valence-electron chi connectivity index (χ3n) is 3.13. The monoisotopic (exact) mass is 261 g/mol. The maximum Gasteiger partial charge on any atom is 0.220 e. The van der Waals surface area contributed by atoms with Crippen LogP contribution in [0.25, 0.3) is 5.65 Å². The average molecular weight is 261 g/mol. The van der Waals surface area contributed by atoms with Crippen LogP contribution in [0.2, 0.25) is 0 Å². The van der Waals surface area contributed by atoms with E-state index in [2.05, 4.69) is 26.0 Å². The van der Waals surface area contributed by atoms with Crippen molar-refractivity contribution >= 4 is 23.2 Å². The van der Waals surface area contributed by atoms with Gasteiger partial charge in [0, 0.05) is 31.4 Å². The van der Waals surface area contributed by atoms with E-state index in [0.29, 0.717) is 24.6 Å². The van der Waals surface area contributed by atoms with Gasteiger partial charge in [-0.25, -0.2) is 15.8 Å². The Balaban J connectivity index is 1.87. The number of rotatable bonds is 3. The van der Waals surface area contributed by atoms with Crippen LogP contribution in [0.3, 0.4) is 0 Å². The van der Waals surface area contributed by atoms with Gasteiger partial charge in [-0.15, -0.1) is 0 Å². The molecule has 1 unspecified atom stereocenters. The first kappa shape index (κ1) is 11.7. The average Bonchev–Trinajstić information content (AvgIpc) is 2.89. The van der Waals surface area contributed by atoms with E-state index in [1.807, 2.05) is 10.6 Å². The number of piperidine rings is 1. The predicted molar refractivity (Wildman–Crippen MR) is 70.5 cm³/mol. The fourth-order valence-electron chi connectivity index (χ4n) is 2.15. The number of carbonyl (C=O) groups is 1. The summed E-state index contributed by atoms with van der Waals surface area (Å²) >= 11 is 0. The summed E-state index contributed by atoms with van der Waals surface area (Å²) in [7, 11) is 0. The van der Waals surface area contributed by atoms with Gasteiger partial charge in [-0.3, -0.25) is 4.79 Å². The minimum Gasteiger partial charge on any atom is -0.362 e. The largest absolute Gasteiger partial charge is 0.362 e. The van der Waals surface area contributed by atoms with Gasteiger partial charge in [-0.2, -0.15) is 0 Å². The first-order chi connectivity index (χ1) is 9.26. The number of amides is 1. The molecule has 8 heteroatoms. The highest BCUT2D eigenvalue weighted by molar-refractivity contribution is 5.77. The quantitative estimate of drug-likeness (QED) is 0.446. The lowest BCUT2D eigenvalue weighted by Crippen LogP contribution is -2.42. The first-order valence-corrected chi connectivity index (χ1v) is 6.10. The number of nitrogens with two attached hydrogens (primary N) is 1. The number of aromatic nitrogens is 3. The molecular formula is C11H15N7O. The number of hydrazine groups is 1. The molecule has 3 heterocycles. The zero-order valence-electron chi connectivity index (χ0n) is 10.3. The molecule has 100 valence electrons. The van der Waals surface area contributed by atoms with Crippen molar-refractivity contribution in [2.45, 2.75) is 18.9 Å². The van der Waals surface area contributed by atoms with Crippen molar-refractivity contribution in [3.8, 4) is 0 Å². The first-order valence-electron chi connectivity index (χ1n) is 6.10. The zero-order valence-corrected chi connectivity index (χ0v) is 10.3. The zero-order chi connectivity index (χ0) is 13.2. The number of hydrogen-bond donors (Lipinski definition) is 4. The maximum atomic E-state index is 11.1. The van der Waals surface area contributed by atoms with E-state index in [0.717, 1.165) is 12.1 Å². The van der Waals surface area contributed by atoms with E-state index in [-0.39, 0.29) is 11.9 Å². The van der Waals surface area contributed by atoms with Crippen LogP contribution < -0.4 is 21.9 Å². The standard InChI is InChI=1S/C11H15N7O/c12-17-8-6-18-4-3-13-11(18)10(16-8)15-7-1-2-9(19)14-5-7/h3-4,6-7,17H,1-2,5,12H2,(H,14,19)(H,15,16). The summed E-state index contributed by atoms with van der Waals surface area (Å²) in [6.07, 6.45) is 6.59. The summed E-state index contributed by atoms with van der Waals surface area (Å²) in [5.41, 5.74) is 3.26. The molecule has 5 N–H and O–H groups in total. The third-order valence-corrected chi connectivity index (χ3v) is 3.13. The number of fused-ring (bicyclic) bond motifs is 1. The fraction of sp³-hybridized carbons (Fsp3) is 0.364. The van der Waals surface area contributed by atoms with E-state index in [4.69, 9.17) is 5.84 Å². The fourth-order valence-corrected chi connectivity index (χ4v) is 2.15. The van der Waals surface area contributed by atoms with Crippen LogP contribution in [0.5, 0.6) is 0 Å². The van der Waals surface area contributed by atoms with Crippen molar-refractivity contribution in [1.82, 2.24) is 19.7 Å². The van der Waals surface area contributed by atoms with Crippen LogP contribution >= 0.6 is 0 Å². The minimum absolute atomic E-state index is 0.0920. The molecule has 3 rings (SSSR count). The summed E-state index contributed by atoms with van der Waals surface area (Å²) in [6.45, 7) is 0.591. The summed E-state index contributed by atoms with van der Waals surface area (Å²) < 4.78 is 1.84. The molecule has 2 aromatic heterocycles. The molecule has 0 aromatic carbocycles. The van der Waals surface area contributed by atoms with Gasteiger partial charge in [-0.05, 0) is 6.42 Å². The van der Waals surface area contributed by atoms with Gasteiger partial charge in [0.25, 0.3) is 0 Å². The molecule has 1 atom stereocenters. The van der Waals surface area contributed by atoms with E-state index < -0.39 is 0 Å². The van der Waals surface area contributed by atoms with Gasteiger partial charge in [0.2, 0.25) is 5.91 Å². The molecule has 2 aromatic rings. The lowest BCUT2D eigenvalue weighted by atomic mass is 10.1. The lowest BCUT2D eigenvalue weighted by Gasteiger charge is -2.24. The molecule has 1 fully saturated rings. The molecule has 1 aliphatic rings. The number of hydrogen-bond acceptors (Lipinski definition) is 6. The Morgan fingerprint density at radius 2 is 2.42 bits per heavy atom. The van der Waals surface area contributed by atoms with Crippen molar-refractivity contribution in [3.63, 3.8) is 0 Å². The second-order valence-electron chi connectivity index (χ2n) is 4.46. The number of nitrogens with zero attached hydrogens (tertiary/aromatic N) is 3. The number of anilines is 2. The number of nitrogens with one attached hydrogen (secondary N) is 3. The molecule has 1 aliphatic heterocycles. The molecule has 1 saturated heterocycles. The van der Waals surface area contributed by atoms with Gasteiger partial charge in [-0.1, -0.05) is 0 Å². The second-order valence-corrected chi connectivity index (χ2v) is 4.46. The Morgan fingerprint density at radius 1 is 1.53 bits per heavy atom.